The van der Waals surface area contributed by atoms with Gasteiger partial charge in [0.1, 0.15) is 16.3 Å². The van der Waals surface area contributed by atoms with Gasteiger partial charge in [-0.25, -0.2) is 16.8 Å². The smallest absolute Gasteiger partial charge is 0.263 e. The van der Waals surface area contributed by atoms with Crippen molar-refractivity contribution in [2.24, 2.45) is 0 Å². The molecule has 10 heteroatoms. The van der Waals surface area contributed by atoms with Gasteiger partial charge in [0.2, 0.25) is 0 Å². The van der Waals surface area contributed by atoms with Crippen molar-refractivity contribution in [1.29, 1.82) is 0 Å². The minimum absolute atomic E-state index is 0.0814. The molecular weight excluding hydrogens is 426 g/mol. The molecule has 0 spiro atoms. The normalized spacial score (nSPS) is 12.2. The molecule has 154 valence electrons. The molecule has 1 heterocycles. The summed E-state index contributed by atoms with van der Waals surface area (Å²) in [5.41, 5.74) is 2.11. The Bertz CT molecular complexity index is 1480. The monoisotopic (exact) mass is 443 g/mol. The molecule has 0 bridgehead atoms. The molecule has 0 saturated carbocycles. The third-order valence-electron chi connectivity index (χ3n) is 4.47. The quantitative estimate of drug-likeness (QED) is 0.435. The predicted octanol–water partition coefficient (Wildman–Crippen LogP) is 3.14. The second-order valence-corrected chi connectivity index (χ2v) is 10.3. The first-order chi connectivity index (χ1) is 14.1. The third-order valence-corrected chi connectivity index (χ3v) is 7.20. The minimum Gasteiger partial charge on any atom is -0.508 e. The average molecular weight is 444 g/mol. The van der Waals surface area contributed by atoms with E-state index in [-0.39, 0.29) is 21.2 Å². The number of aromatic amines is 1. The second-order valence-electron chi connectivity index (χ2n) is 6.71. The van der Waals surface area contributed by atoms with Crippen LogP contribution in [0.25, 0.3) is 22.2 Å². The summed E-state index contributed by atoms with van der Waals surface area (Å²) in [6, 6.07) is 16.8. The van der Waals surface area contributed by atoms with E-state index >= 15 is 0 Å². The largest absolute Gasteiger partial charge is 0.508 e. The molecular formula is C20H17N3O5S2. The van der Waals surface area contributed by atoms with E-state index in [1.54, 1.807) is 36.4 Å². The Hall–Kier alpha value is -3.37. The van der Waals surface area contributed by atoms with E-state index in [9.17, 15) is 21.9 Å². The highest BCUT2D eigenvalue weighted by molar-refractivity contribution is 7.95. The minimum atomic E-state index is -4.16. The van der Waals surface area contributed by atoms with Crippen LogP contribution in [0.2, 0.25) is 0 Å². The molecule has 0 atom stereocenters. The number of sulfonamides is 1. The number of hydrogen-bond acceptors (Lipinski definition) is 6. The molecule has 0 unspecified atom stereocenters. The van der Waals surface area contributed by atoms with Crippen LogP contribution < -0.4 is 4.72 Å². The summed E-state index contributed by atoms with van der Waals surface area (Å²) in [5, 5.41) is 17.5. The fraction of sp³-hybridized carbons (Fsp3) is 0.0500. The number of anilines is 1. The zero-order chi connectivity index (χ0) is 21.5. The lowest BCUT2D eigenvalue weighted by Crippen LogP contribution is -2.16. The van der Waals surface area contributed by atoms with E-state index < -0.39 is 19.9 Å². The number of nitrogens with one attached hydrogen (secondary N) is 2. The maximum Gasteiger partial charge on any atom is 0.263 e. The van der Waals surface area contributed by atoms with Gasteiger partial charge in [-0.2, -0.15) is 5.10 Å². The lowest BCUT2D eigenvalue weighted by Gasteiger charge is -2.11. The van der Waals surface area contributed by atoms with Gasteiger partial charge in [0, 0.05) is 22.9 Å². The molecule has 4 aromatic rings. The Balaban J connectivity index is 1.78. The lowest BCUT2D eigenvalue weighted by molar-refractivity contribution is 0.475. The summed E-state index contributed by atoms with van der Waals surface area (Å²) < 4.78 is 52.3. The Morgan fingerprint density at radius 1 is 0.900 bits per heavy atom. The number of aromatic hydroxyl groups is 1. The van der Waals surface area contributed by atoms with E-state index in [1.807, 2.05) is 0 Å². The van der Waals surface area contributed by atoms with Crippen LogP contribution in [0.15, 0.2) is 76.5 Å². The van der Waals surface area contributed by atoms with Crippen molar-refractivity contribution < 1.29 is 21.9 Å². The van der Waals surface area contributed by atoms with Gasteiger partial charge >= 0.3 is 0 Å². The lowest BCUT2D eigenvalue weighted by atomic mass is 10.1. The predicted molar refractivity (Wildman–Crippen MR) is 114 cm³/mol. The molecule has 0 aliphatic carbocycles. The highest BCUT2D eigenvalue weighted by atomic mass is 32.2. The Morgan fingerprint density at radius 2 is 1.63 bits per heavy atom. The Morgan fingerprint density at radius 3 is 2.33 bits per heavy atom. The van der Waals surface area contributed by atoms with E-state index in [0.29, 0.717) is 22.2 Å². The van der Waals surface area contributed by atoms with Crippen molar-refractivity contribution >= 4 is 36.5 Å². The van der Waals surface area contributed by atoms with Crippen LogP contribution in [0.3, 0.4) is 0 Å². The Labute approximate surface area is 173 Å². The number of aromatic nitrogens is 2. The molecule has 0 aliphatic heterocycles. The summed E-state index contributed by atoms with van der Waals surface area (Å²) in [4.78, 5) is -0.602. The first kappa shape index (κ1) is 19.9. The summed E-state index contributed by atoms with van der Waals surface area (Å²) in [6.45, 7) is 0. The van der Waals surface area contributed by atoms with Crippen molar-refractivity contribution in [2.75, 3.05) is 11.0 Å². The van der Waals surface area contributed by atoms with Crippen LogP contribution >= 0.6 is 0 Å². The summed E-state index contributed by atoms with van der Waals surface area (Å²) in [7, 11) is -7.90. The molecule has 1 aromatic heterocycles. The molecule has 3 N–H and O–H groups in total. The molecule has 0 aliphatic rings. The third kappa shape index (κ3) is 3.74. The van der Waals surface area contributed by atoms with Gasteiger partial charge in [0.25, 0.3) is 10.0 Å². The van der Waals surface area contributed by atoms with Crippen LogP contribution in [0.4, 0.5) is 5.69 Å². The summed E-state index contributed by atoms with van der Waals surface area (Å²) >= 11 is 0. The molecule has 0 saturated heterocycles. The molecule has 4 rings (SSSR count). The maximum absolute atomic E-state index is 12.9. The van der Waals surface area contributed by atoms with Crippen LogP contribution in [0.5, 0.6) is 5.75 Å². The van der Waals surface area contributed by atoms with Gasteiger partial charge in [0.15, 0.2) is 9.84 Å². The number of nitrogens with zero attached hydrogens (tertiary/aromatic N) is 1. The molecule has 30 heavy (non-hydrogen) atoms. The summed E-state index contributed by atoms with van der Waals surface area (Å²) in [6.07, 6.45) is 0.959. The second kappa shape index (κ2) is 7.15. The molecule has 8 nitrogen and oxygen atoms in total. The van der Waals surface area contributed by atoms with Crippen molar-refractivity contribution in [3.8, 4) is 17.0 Å². The topological polar surface area (TPSA) is 129 Å². The van der Waals surface area contributed by atoms with E-state index in [0.717, 1.165) is 6.26 Å². The van der Waals surface area contributed by atoms with Crippen LogP contribution in [0, 0.1) is 0 Å². The highest BCUT2D eigenvalue weighted by Crippen LogP contribution is 2.31. The van der Waals surface area contributed by atoms with Gasteiger partial charge in [0.05, 0.1) is 10.4 Å². The van der Waals surface area contributed by atoms with Gasteiger partial charge in [-0.1, -0.05) is 24.3 Å². The van der Waals surface area contributed by atoms with Gasteiger partial charge < -0.3 is 5.11 Å². The van der Waals surface area contributed by atoms with Crippen LogP contribution in [-0.4, -0.2) is 38.4 Å². The highest BCUT2D eigenvalue weighted by Gasteiger charge is 2.24. The molecule has 0 amide bonds. The standard InChI is InChI=1S/C20H17N3O5S2/c1-29(25,26)18-7-2-3-8-19(18)30(27,28)23-14-9-10-17-16(12-14)20(22-21-17)13-5-4-6-15(24)11-13/h2-12,23-24H,1H3,(H,21,22). The van der Waals surface area contributed by atoms with Crippen molar-refractivity contribution in [1.82, 2.24) is 10.2 Å². The molecule has 3 aromatic carbocycles. The maximum atomic E-state index is 12.9. The van der Waals surface area contributed by atoms with Crippen molar-refractivity contribution in [2.45, 2.75) is 9.79 Å². The fourth-order valence-electron chi connectivity index (χ4n) is 3.14. The zero-order valence-electron chi connectivity index (χ0n) is 15.7. The number of benzene rings is 3. The first-order valence-electron chi connectivity index (χ1n) is 8.74. The summed E-state index contributed by atoms with van der Waals surface area (Å²) in [5.74, 6) is 0.0814. The number of rotatable bonds is 5. The van der Waals surface area contributed by atoms with Crippen LogP contribution in [-0.2, 0) is 19.9 Å². The number of hydrogen-bond donors (Lipinski definition) is 3. The number of fused-ring (bicyclic) bond motifs is 1. The number of phenols is 1. The SMILES string of the molecule is CS(=O)(=O)c1ccccc1S(=O)(=O)Nc1ccc2[nH]nc(-c3cccc(O)c3)c2c1. The average Bonchev–Trinajstić information content (AvgIpc) is 3.10. The van der Waals surface area contributed by atoms with E-state index in [4.69, 9.17) is 0 Å². The van der Waals surface area contributed by atoms with Gasteiger partial charge in [-0.05, 0) is 42.5 Å². The number of H-pyrrole nitrogens is 1. The Kier molecular flexibility index (Phi) is 4.75. The van der Waals surface area contributed by atoms with E-state index in [2.05, 4.69) is 14.9 Å². The van der Waals surface area contributed by atoms with E-state index in [1.165, 1.54) is 30.3 Å². The van der Waals surface area contributed by atoms with Gasteiger partial charge in [-0.3, -0.25) is 9.82 Å². The fourth-order valence-corrected chi connectivity index (χ4v) is 5.82. The van der Waals surface area contributed by atoms with Gasteiger partial charge in [-0.15, -0.1) is 0 Å². The zero-order valence-corrected chi connectivity index (χ0v) is 17.3. The van der Waals surface area contributed by atoms with Crippen LogP contribution in [0.1, 0.15) is 0 Å². The molecule has 0 radical (unpaired) electrons. The number of sulfone groups is 1. The van der Waals surface area contributed by atoms with Crippen molar-refractivity contribution in [3.63, 3.8) is 0 Å². The molecule has 0 fully saturated rings. The van der Waals surface area contributed by atoms with Crippen molar-refractivity contribution in [3.05, 3.63) is 66.7 Å². The first-order valence-corrected chi connectivity index (χ1v) is 12.1. The number of phenolic OH excluding ortho intramolecular Hbond substituents is 1.